The van der Waals surface area contributed by atoms with Crippen LogP contribution in [0.3, 0.4) is 0 Å². The summed E-state index contributed by atoms with van der Waals surface area (Å²) in [6.45, 7) is 7.90. The van der Waals surface area contributed by atoms with Gasteiger partial charge >= 0.3 is 12.1 Å². The number of halogens is 1. The minimum Gasteiger partial charge on any atom is -0.461 e. The van der Waals surface area contributed by atoms with Crippen LogP contribution in [-0.2, 0) is 25.1 Å². The zero-order valence-electron chi connectivity index (χ0n) is 19.6. The number of likely N-dealkylation sites (tertiary alicyclic amines) is 1. The molecule has 2 aliphatic heterocycles. The standard InChI is InChI=1S/C23H28FN3O6S/c1-5-32-21(28)19-17-13-34(30,31)18-11-14(24)8-9-16(18)20(17)27(25-19)15-7-6-10-26(12-15)22(29)33-23(2,3)4/h8-9,11,15H,5-7,10,12-13H2,1-4H3. The topological polar surface area (TPSA) is 108 Å². The molecule has 2 aliphatic rings. The van der Waals surface area contributed by atoms with Crippen LogP contribution in [-0.4, -0.2) is 60.5 Å². The number of hydrogen-bond donors (Lipinski definition) is 0. The summed E-state index contributed by atoms with van der Waals surface area (Å²) in [4.78, 5) is 26.8. The van der Waals surface area contributed by atoms with Gasteiger partial charge in [0.05, 0.1) is 29.0 Å². The molecule has 9 nitrogen and oxygen atoms in total. The minimum atomic E-state index is -3.90. The summed E-state index contributed by atoms with van der Waals surface area (Å²) >= 11 is 0. The van der Waals surface area contributed by atoms with Crippen LogP contribution < -0.4 is 0 Å². The highest BCUT2D eigenvalue weighted by atomic mass is 32.2. The van der Waals surface area contributed by atoms with Crippen LogP contribution in [0.25, 0.3) is 11.3 Å². The van der Waals surface area contributed by atoms with Crippen LogP contribution in [0, 0.1) is 5.82 Å². The van der Waals surface area contributed by atoms with Gasteiger partial charge in [0.2, 0.25) is 0 Å². The van der Waals surface area contributed by atoms with Crippen LogP contribution in [0.4, 0.5) is 9.18 Å². The zero-order valence-corrected chi connectivity index (χ0v) is 20.4. The molecular formula is C23H28FN3O6S. The van der Waals surface area contributed by atoms with Gasteiger partial charge in [-0.3, -0.25) is 4.68 Å². The van der Waals surface area contributed by atoms with Crippen molar-refractivity contribution in [3.05, 3.63) is 35.3 Å². The second-order valence-corrected chi connectivity index (χ2v) is 11.4. The van der Waals surface area contributed by atoms with Gasteiger partial charge in [-0.25, -0.2) is 22.4 Å². The summed E-state index contributed by atoms with van der Waals surface area (Å²) in [5.74, 6) is -1.88. The second-order valence-electron chi connectivity index (χ2n) is 9.46. The number of benzene rings is 1. The van der Waals surface area contributed by atoms with Gasteiger partial charge in [-0.1, -0.05) is 0 Å². The molecule has 184 valence electrons. The Morgan fingerprint density at radius 1 is 1.26 bits per heavy atom. The average molecular weight is 494 g/mol. The molecule has 4 rings (SSSR count). The van der Waals surface area contributed by atoms with E-state index in [2.05, 4.69) is 5.10 Å². The Balaban J connectivity index is 1.81. The summed E-state index contributed by atoms with van der Waals surface area (Å²) in [7, 11) is -3.90. The van der Waals surface area contributed by atoms with Crippen molar-refractivity contribution in [1.29, 1.82) is 0 Å². The van der Waals surface area contributed by atoms with Gasteiger partial charge < -0.3 is 14.4 Å². The molecule has 1 atom stereocenters. The lowest BCUT2D eigenvalue weighted by Crippen LogP contribution is -2.43. The fraction of sp³-hybridized carbons (Fsp3) is 0.522. The highest BCUT2D eigenvalue weighted by molar-refractivity contribution is 7.90. The van der Waals surface area contributed by atoms with Crippen LogP contribution in [0.5, 0.6) is 0 Å². The minimum absolute atomic E-state index is 0.0789. The maximum Gasteiger partial charge on any atom is 0.410 e. The van der Waals surface area contributed by atoms with E-state index in [0.717, 1.165) is 6.07 Å². The Morgan fingerprint density at radius 3 is 2.68 bits per heavy atom. The molecule has 3 heterocycles. The number of nitrogens with zero attached hydrogens (tertiary/aromatic N) is 3. The largest absolute Gasteiger partial charge is 0.461 e. The molecule has 0 radical (unpaired) electrons. The maximum absolute atomic E-state index is 14.0. The zero-order chi connectivity index (χ0) is 24.8. The third-order valence-electron chi connectivity index (χ3n) is 5.74. The third kappa shape index (κ3) is 4.53. The van der Waals surface area contributed by atoms with E-state index in [9.17, 15) is 22.4 Å². The summed E-state index contributed by atoms with van der Waals surface area (Å²) in [5, 5.41) is 4.49. The van der Waals surface area contributed by atoms with Crippen molar-refractivity contribution in [1.82, 2.24) is 14.7 Å². The Labute approximate surface area is 197 Å². The number of carbonyl (C=O) groups excluding carboxylic acids is 2. The first-order valence-corrected chi connectivity index (χ1v) is 12.9. The van der Waals surface area contributed by atoms with Crippen molar-refractivity contribution >= 4 is 21.9 Å². The number of carbonyl (C=O) groups is 2. The van der Waals surface area contributed by atoms with E-state index in [0.29, 0.717) is 25.1 Å². The summed E-state index contributed by atoms with van der Waals surface area (Å²) in [6.07, 6.45) is 0.870. The molecule has 0 bridgehead atoms. The number of rotatable bonds is 3. The Kier molecular flexibility index (Phi) is 6.17. The Morgan fingerprint density at radius 2 is 2.00 bits per heavy atom. The third-order valence-corrected chi connectivity index (χ3v) is 7.42. The van der Waals surface area contributed by atoms with Gasteiger partial charge in [0.1, 0.15) is 11.4 Å². The number of esters is 1. The lowest BCUT2D eigenvalue weighted by atomic mass is 10.0. The predicted molar refractivity (Wildman–Crippen MR) is 121 cm³/mol. The summed E-state index contributed by atoms with van der Waals surface area (Å²) in [6, 6.07) is 3.22. The van der Waals surface area contributed by atoms with Crippen molar-refractivity contribution in [2.75, 3.05) is 19.7 Å². The van der Waals surface area contributed by atoms with E-state index in [-0.39, 0.29) is 40.9 Å². The summed E-state index contributed by atoms with van der Waals surface area (Å²) in [5.41, 5.74) is 0.212. The van der Waals surface area contributed by atoms with Gasteiger partial charge in [0.25, 0.3) is 0 Å². The van der Waals surface area contributed by atoms with E-state index in [1.807, 2.05) is 0 Å². The first-order valence-electron chi connectivity index (χ1n) is 11.2. The molecule has 0 aliphatic carbocycles. The monoisotopic (exact) mass is 493 g/mol. The normalized spacial score (nSPS) is 19.2. The van der Waals surface area contributed by atoms with Gasteiger partial charge in [0, 0.05) is 24.2 Å². The van der Waals surface area contributed by atoms with Crippen molar-refractivity contribution in [2.45, 2.75) is 62.8 Å². The molecule has 1 amide bonds. The number of hydrogen-bond acceptors (Lipinski definition) is 7. The number of fused-ring (bicyclic) bond motifs is 3. The van der Waals surface area contributed by atoms with Gasteiger partial charge in [0.15, 0.2) is 15.5 Å². The van der Waals surface area contributed by atoms with Crippen LogP contribution >= 0.6 is 0 Å². The smallest absolute Gasteiger partial charge is 0.410 e. The molecule has 1 aromatic carbocycles. The van der Waals surface area contributed by atoms with E-state index in [1.165, 1.54) is 12.1 Å². The van der Waals surface area contributed by atoms with Crippen molar-refractivity contribution in [3.8, 4) is 11.3 Å². The molecule has 0 spiro atoms. The first kappa shape index (κ1) is 24.2. The lowest BCUT2D eigenvalue weighted by molar-refractivity contribution is 0.0166. The van der Waals surface area contributed by atoms with E-state index >= 15 is 0 Å². The van der Waals surface area contributed by atoms with Gasteiger partial charge in [-0.15, -0.1) is 0 Å². The van der Waals surface area contributed by atoms with E-state index in [1.54, 1.807) is 37.3 Å². The molecular weight excluding hydrogens is 465 g/mol. The fourth-order valence-corrected chi connectivity index (χ4v) is 5.98. The molecule has 11 heteroatoms. The van der Waals surface area contributed by atoms with Gasteiger partial charge in [-0.2, -0.15) is 5.10 Å². The molecule has 0 saturated carbocycles. The molecule has 34 heavy (non-hydrogen) atoms. The second kappa shape index (κ2) is 8.68. The number of sulfone groups is 1. The number of amides is 1. The molecule has 1 fully saturated rings. The van der Waals surface area contributed by atoms with Crippen LogP contribution in [0.15, 0.2) is 23.1 Å². The molecule has 1 aromatic heterocycles. The number of aromatic nitrogens is 2. The summed E-state index contributed by atoms with van der Waals surface area (Å²) < 4.78 is 52.1. The SMILES string of the molecule is CCOC(=O)c1nn(C2CCCN(C(=O)OC(C)(C)C)C2)c2c1CS(=O)(=O)c1cc(F)ccc1-2. The molecule has 1 unspecified atom stereocenters. The molecule has 0 N–H and O–H groups in total. The number of piperidine rings is 1. The fourth-order valence-electron chi connectivity index (χ4n) is 4.38. The van der Waals surface area contributed by atoms with E-state index < -0.39 is 39.1 Å². The van der Waals surface area contributed by atoms with Crippen LogP contribution in [0.2, 0.25) is 0 Å². The highest BCUT2D eigenvalue weighted by Crippen LogP contribution is 2.42. The van der Waals surface area contributed by atoms with Crippen LogP contribution in [0.1, 0.15) is 62.6 Å². The van der Waals surface area contributed by atoms with Crippen molar-refractivity contribution in [2.24, 2.45) is 0 Å². The maximum atomic E-state index is 14.0. The lowest BCUT2D eigenvalue weighted by Gasteiger charge is -2.35. The van der Waals surface area contributed by atoms with Crippen molar-refractivity contribution < 1.29 is 31.9 Å². The van der Waals surface area contributed by atoms with Crippen molar-refractivity contribution in [3.63, 3.8) is 0 Å². The quantitative estimate of drug-likeness (QED) is 0.600. The Bertz CT molecular complexity index is 1250. The Hall–Kier alpha value is -2.95. The molecule has 1 saturated heterocycles. The first-order chi connectivity index (χ1) is 15.9. The molecule has 2 aromatic rings. The van der Waals surface area contributed by atoms with E-state index in [4.69, 9.17) is 9.47 Å². The highest BCUT2D eigenvalue weighted by Gasteiger charge is 2.39. The number of ether oxygens (including phenoxy) is 2. The average Bonchev–Trinajstić information content (AvgIpc) is 3.11. The van der Waals surface area contributed by atoms with Gasteiger partial charge in [-0.05, 0) is 58.7 Å². The predicted octanol–water partition coefficient (Wildman–Crippen LogP) is 3.73.